The third-order valence-electron chi connectivity index (χ3n) is 3.68. The summed E-state index contributed by atoms with van der Waals surface area (Å²) in [4.78, 5) is 16.2. The number of benzene rings is 1. The summed E-state index contributed by atoms with van der Waals surface area (Å²) in [5, 5.41) is 5.58. The summed E-state index contributed by atoms with van der Waals surface area (Å²) in [6, 6.07) is 6.60. The van der Waals surface area contributed by atoms with Crippen LogP contribution >= 0.6 is 23.1 Å². The van der Waals surface area contributed by atoms with Crippen molar-refractivity contribution in [3.63, 3.8) is 0 Å². The lowest BCUT2D eigenvalue weighted by molar-refractivity contribution is -0.115. The fourth-order valence-corrected chi connectivity index (χ4v) is 3.70. The van der Waals surface area contributed by atoms with Gasteiger partial charge in [-0.3, -0.25) is 4.79 Å². The highest BCUT2D eigenvalue weighted by molar-refractivity contribution is 7.98. The van der Waals surface area contributed by atoms with Gasteiger partial charge < -0.3 is 5.32 Å². The van der Waals surface area contributed by atoms with Crippen LogP contribution in [-0.2, 0) is 17.6 Å². The van der Waals surface area contributed by atoms with Gasteiger partial charge in [0.1, 0.15) is 0 Å². The highest BCUT2D eigenvalue weighted by Crippen LogP contribution is 2.30. The normalized spacial score (nSPS) is 13.2. The highest BCUT2D eigenvalue weighted by Gasteiger charge is 2.13. The first-order chi connectivity index (χ1) is 10.3. The summed E-state index contributed by atoms with van der Waals surface area (Å²) < 4.78 is 0. The van der Waals surface area contributed by atoms with Crippen molar-refractivity contribution in [3.8, 4) is 11.3 Å². The van der Waals surface area contributed by atoms with Crippen LogP contribution < -0.4 is 5.32 Å². The van der Waals surface area contributed by atoms with Crippen molar-refractivity contribution in [2.75, 3.05) is 17.3 Å². The standard InChI is InChI=1S/C16H18N2OS2/c1-20-8-7-15(19)18-16-17-14(10-21-16)13-6-5-11-3-2-4-12(11)9-13/h5-6,9-10H,2-4,7-8H2,1H3,(H,17,18,19). The average Bonchev–Trinajstić information content (AvgIpc) is 3.12. The van der Waals surface area contributed by atoms with Crippen molar-refractivity contribution in [3.05, 3.63) is 34.7 Å². The van der Waals surface area contributed by atoms with Crippen LogP contribution in [0.25, 0.3) is 11.3 Å². The summed E-state index contributed by atoms with van der Waals surface area (Å²) in [5.41, 5.74) is 5.03. The van der Waals surface area contributed by atoms with Gasteiger partial charge in [-0.1, -0.05) is 12.1 Å². The minimum Gasteiger partial charge on any atom is -0.302 e. The maximum absolute atomic E-state index is 11.7. The van der Waals surface area contributed by atoms with Crippen molar-refractivity contribution in [1.82, 2.24) is 4.98 Å². The zero-order chi connectivity index (χ0) is 14.7. The molecule has 1 aliphatic carbocycles. The van der Waals surface area contributed by atoms with E-state index in [1.54, 1.807) is 11.8 Å². The van der Waals surface area contributed by atoms with Gasteiger partial charge in [-0.25, -0.2) is 4.98 Å². The Labute approximate surface area is 133 Å². The van der Waals surface area contributed by atoms with Gasteiger partial charge in [0.15, 0.2) is 5.13 Å². The largest absolute Gasteiger partial charge is 0.302 e. The maximum Gasteiger partial charge on any atom is 0.226 e. The second-order valence-corrected chi connectivity index (χ2v) is 7.01. The highest BCUT2D eigenvalue weighted by atomic mass is 32.2. The fraction of sp³-hybridized carbons (Fsp3) is 0.375. The Morgan fingerprint density at radius 1 is 1.38 bits per heavy atom. The van der Waals surface area contributed by atoms with Crippen molar-refractivity contribution in [2.45, 2.75) is 25.7 Å². The Hall–Kier alpha value is -1.33. The number of fused-ring (bicyclic) bond motifs is 1. The summed E-state index contributed by atoms with van der Waals surface area (Å²) in [5.74, 6) is 0.883. The number of nitrogens with zero attached hydrogens (tertiary/aromatic N) is 1. The zero-order valence-electron chi connectivity index (χ0n) is 12.0. The molecule has 0 fully saturated rings. The average molecular weight is 318 g/mol. The van der Waals surface area contributed by atoms with Gasteiger partial charge in [0.25, 0.3) is 0 Å². The van der Waals surface area contributed by atoms with Crippen LogP contribution in [0.1, 0.15) is 24.0 Å². The molecule has 0 saturated heterocycles. The van der Waals surface area contributed by atoms with E-state index in [1.165, 1.54) is 41.7 Å². The first kappa shape index (κ1) is 14.6. The first-order valence-corrected chi connectivity index (χ1v) is 9.40. The van der Waals surface area contributed by atoms with E-state index < -0.39 is 0 Å². The molecule has 1 aliphatic rings. The van der Waals surface area contributed by atoms with Crippen LogP contribution in [0, 0.1) is 0 Å². The topological polar surface area (TPSA) is 42.0 Å². The number of thioether (sulfide) groups is 1. The Morgan fingerprint density at radius 3 is 3.10 bits per heavy atom. The van der Waals surface area contributed by atoms with E-state index in [0.717, 1.165) is 17.0 Å². The lowest BCUT2D eigenvalue weighted by atomic mass is 10.1. The molecule has 3 nitrogen and oxygen atoms in total. The van der Waals surface area contributed by atoms with Gasteiger partial charge in [0.05, 0.1) is 5.69 Å². The van der Waals surface area contributed by atoms with E-state index in [1.807, 2.05) is 11.6 Å². The van der Waals surface area contributed by atoms with Crippen molar-refractivity contribution in [2.24, 2.45) is 0 Å². The number of rotatable bonds is 5. The molecule has 0 radical (unpaired) electrons. The van der Waals surface area contributed by atoms with E-state index >= 15 is 0 Å². The Morgan fingerprint density at radius 2 is 2.24 bits per heavy atom. The first-order valence-electron chi connectivity index (χ1n) is 7.13. The molecule has 1 aromatic heterocycles. The number of hydrogen-bond donors (Lipinski definition) is 1. The number of carbonyl (C=O) groups excluding carboxylic acids is 1. The summed E-state index contributed by atoms with van der Waals surface area (Å²) in [6.45, 7) is 0. The van der Waals surface area contributed by atoms with Crippen LogP contribution in [0.5, 0.6) is 0 Å². The minimum atomic E-state index is 0.0409. The van der Waals surface area contributed by atoms with E-state index in [2.05, 4.69) is 28.5 Å². The smallest absolute Gasteiger partial charge is 0.226 e. The van der Waals surface area contributed by atoms with Crippen LogP contribution in [0.3, 0.4) is 0 Å². The molecule has 3 rings (SSSR count). The molecule has 0 aliphatic heterocycles. The van der Waals surface area contributed by atoms with E-state index in [9.17, 15) is 4.79 Å². The Bertz CT molecular complexity index is 651. The summed E-state index contributed by atoms with van der Waals surface area (Å²) in [7, 11) is 0. The summed E-state index contributed by atoms with van der Waals surface area (Å²) >= 11 is 3.17. The Balaban J connectivity index is 1.71. The van der Waals surface area contributed by atoms with Crippen LogP contribution in [0.15, 0.2) is 23.6 Å². The van der Waals surface area contributed by atoms with Gasteiger partial charge in [0, 0.05) is 23.1 Å². The third-order valence-corrected chi connectivity index (χ3v) is 5.05. The minimum absolute atomic E-state index is 0.0409. The number of aryl methyl sites for hydroxylation is 2. The van der Waals surface area contributed by atoms with Crippen molar-refractivity contribution in [1.29, 1.82) is 0 Å². The maximum atomic E-state index is 11.7. The molecule has 110 valence electrons. The molecule has 0 spiro atoms. The molecule has 0 saturated carbocycles. The predicted molar refractivity (Wildman–Crippen MR) is 91.2 cm³/mol. The number of thiazole rings is 1. The third kappa shape index (κ3) is 3.47. The van der Waals surface area contributed by atoms with Gasteiger partial charge in [-0.05, 0) is 42.7 Å². The monoisotopic (exact) mass is 318 g/mol. The lowest BCUT2D eigenvalue weighted by Crippen LogP contribution is -2.11. The van der Waals surface area contributed by atoms with Crippen LogP contribution in [-0.4, -0.2) is 22.9 Å². The molecule has 1 heterocycles. The lowest BCUT2D eigenvalue weighted by Gasteiger charge is -2.02. The van der Waals surface area contributed by atoms with Gasteiger partial charge in [-0.2, -0.15) is 11.8 Å². The number of amides is 1. The number of anilines is 1. The van der Waals surface area contributed by atoms with Gasteiger partial charge >= 0.3 is 0 Å². The van der Waals surface area contributed by atoms with E-state index in [-0.39, 0.29) is 5.91 Å². The molecule has 0 atom stereocenters. The second kappa shape index (κ2) is 6.62. The summed E-state index contributed by atoms with van der Waals surface area (Å²) in [6.07, 6.45) is 6.17. The van der Waals surface area contributed by atoms with Crippen LogP contribution in [0.2, 0.25) is 0 Å². The molecule has 2 aromatic rings. The fourth-order valence-electron chi connectivity index (χ4n) is 2.57. The predicted octanol–water partition coefficient (Wildman–Crippen LogP) is 3.99. The molecule has 0 bridgehead atoms. The molecular formula is C16H18N2OS2. The molecule has 5 heteroatoms. The quantitative estimate of drug-likeness (QED) is 0.906. The van der Waals surface area contributed by atoms with Gasteiger partial charge in [-0.15, -0.1) is 11.3 Å². The molecule has 1 amide bonds. The van der Waals surface area contributed by atoms with Crippen molar-refractivity contribution >= 4 is 34.1 Å². The molecule has 1 N–H and O–H groups in total. The second-order valence-electron chi connectivity index (χ2n) is 5.17. The Kier molecular flexibility index (Phi) is 4.60. The van der Waals surface area contributed by atoms with Crippen molar-refractivity contribution < 1.29 is 4.79 Å². The zero-order valence-corrected chi connectivity index (χ0v) is 13.6. The number of hydrogen-bond acceptors (Lipinski definition) is 4. The molecule has 0 unspecified atom stereocenters. The molecule has 21 heavy (non-hydrogen) atoms. The molecule has 1 aromatic carbocycles. The SMILES string of the molecule is CSCCC(=O)Nc1nc(-c2ccc3c(c2)CCC3)cs1. The van der Waals surface area contributed by atoms with Crippen LogP contribution in [0.4, 0.5) is 5.13 Å². The number of nitrogens with one attached hydrogen (secondary N) is 1. The van der Waals surface area contributed by atoms with E-state index in [0.29, 0.717) is 11.6 Å². The number of aromatic nitrogens is 1. The number of carbonyl (C=O) groups is 1. The molecular weight excluding hydrogens is 300 g/mol. The van der Waals surface area contributed by atoms with E-state index in [4.69, 9.17) is 0 Å². The van der Waals surface area contributed by atoms with Gasteiger partial charge in [0.2, 0.25) is 5.91 Å².